The fourth-order valence-corrected chi connectivity index (χ4v) is 1.63. The van der Waals surface area contributed by atoms with Crippen LogP contribution in [0.15, 0.2) is 6.07 Å². The van der Waals surface area contributed by atoms with Crippen LogP contribution in [0.5, 0.6) is 5.88 Å². The molecule has 0 amide bonds. The van der Waals surface area contributed by atoms with Crippen LogP contribution in [-0.2, 0) is 11.8 Å². The Morgan fingerprint density at radius 3 is 2.82 bits per heavy atom. The van der Waals surface area contributed by atoms with Gasteiger partial charge in [-0.05, 0) is 19.9 Å². The molecule has 0 bridgehead atoms. The summed E-state index contributed by atoms with van der Waals surface area (Å²) in [6.07, 6.45) is 1.13. The Bertz CT molecular complexity index is 326. The van der Waals surface area contributed by atoms with Gasteiger partial charge in [-0.3, -0.25) is 0 Å². The van der Waals surface area contributed by atoms with E-state index in [0.29, 0.717) is 6.61 Å². The summed E-state index contributed by atoms with van der Waals surface area (Å²) in [6, 6.07) is 1.93. The number of nitrogens with zero attached hydrogens (tertiary/aromatic N) is 2. The molecule has 5 heteroatoms. The maximum absolute atomic E-state index is 5.87. The summed E-state index contributed by atoms with van der Waals surface area (Å²) in [5, 5.41) is 7.58. The summed E-state index contributed by atoms with van der Waals surface area (Å²) in [7, 11) is 3.57. The van der Waals surface area contributed by atoms with E-state index in [1.165, 1.54) is 0 Å². The van der Waals surface area contributed by atoms with E-state index in [1.807, 2.05) is 20.0 Å². The molecule has 0 aliphatic rings. The van der Waals surface area contributed by atoms with Crippen molar-refractivity contribution in [3.05, 3.63) is 11.8 Å². The Morgan fingerprint density at radius 1 is 1.53 bits per heavy atom. The van der Waals surface area contributed by atoms with E-state index < -0.39 is 0 Å². The van der Waals surface area contributed by atoms with Crippen molar-refractivity contribution < 1.29 is 9.47 Å². The number of methoxy groups -OCH3 is 1. The highest BCUT2D eigenvalue weighted by Crippen LogP contribution is 2.13. The molecule has 0 fully saturated rings. The highest BCUT2D eigenvalue weighted by Gasteiger charge is 2.12. The average Bonchev–Trinajstić information content (AvgIpc) is 2.58. The van der Waals surface area contributed by atoms with E-state index in [-0.39, 0.29) is 6.10 Å². The first-order valence-corrected chi connectivity index (χ1v) is 6.04. The van der Waals surface area contributed by atoms with Crippen molar-refractivity contribution in [3.63, 3.8) is 0 Å². The zero-order valence-corrected chi connectivity index (χ0v) is 11.2. The van der Waals surface area contributed by atoms with E-state index in [1.54, 1.807) is 11.8 Å². The highest BCUT2D eigenvalue weighted by molar-refractivity contribution is 5.14. The minimum absolute atomic E-state index is 0.0151. The van der Waals surface area contributed by atoms with E-state index >= 15 is 0 Å². The fraction of sp³-hybridized carbons (Fsp3) is 0.750. The van der Waals surface area contributed by atoms with Crippen molar-refractivity contribution >= 4 is 0 Å². The summed E-state index contributed by atoms with van der Waals surface area (Å²) in [4.78, 5) is 0. The Labute approximate surface area is 103 Å². The van der Waals surface area contributed by atoms with Crippen LogP contribution in [0.3, 0.4) is 0 Å². The van der Waals surface area contributed by atoms with Gasteiger partial charge in [0.05, 0.1) is 12.3 Å². The van der Waals surface area contributed by atoms with E-state index in [9.17, 15) is 0 Å². The van der Waals surface area contributed by atoms with E-state index in [2.05, 4.69) is 17.3 Å². The third-order valence-electron chi connectivity index (χ3n) is 2.40. The zero-order chi connectivity index (χ0) is 12.7. The van der Waals surface area contributed by atoms with E-state index in [0.717, 1.165) is 31.1 Å². The molecule has 0 saturated carbocycles. The van der Waals surface area contributed by atoms with Gasteiger partial charge in [0.15, 0.2) is 0 Å². The molecule has 0 aliphatic carbocycles. The third-order valence-corrected chi connectivity index (χ3v) is 2.40. The molecule has 1 heterocycles. The molecular weight excluding hydrogens is 218 g/mol. The topological polar surface area (TPSA) is 48.3 Å². The molecule has 1 N–H and O–H groups in total. The first kappa shape index (κ1) is 14.0. The summed E-state index contributed by atoms with van der Waals surface area (Å²) in [5.41, 5.74) is 0.959. The second-order valence-corrected chi connectivity index (χ2v) is 4.15. The molecule has 1 rings (SSSR count). The normalized spacial score (nSPS) is 12.7. The van der Waals surface area contributed by atoms with Crippen LogP contribution in [0.1, 0.15) is 19.0 Å². The van der Waals surface area contributed by atoms with Gasteiger partial charge in [0.25, 0.3) is 0 Å². The van der Waals surface area contributed by atoms with Crippen LogP contribution >= 0.6 is 0 Å². The van der Waals surface area contributed by atoms with Crippen molar-refractivity contribution in [1.29, 1.82) is 0 Å². The largest absolute Gasteiger partial charge is 0.471 e. The number of rotatable bonds is 8. The second-order valence-electron chi connectivity index (χ2n) is 4.15. The van der Waals surface area contributed by atoms with Gasteiger partial charge >= 0.3 is 0 Å². The minimum Gasteiger partial charge on any atom is -0.471 e. The lowest BCUT2D eigenvalue weighted by Crippen LogP contribution is -2.35. The summed E-state index contributed by atoms with van der Waals surface area (Å²) in [5.74, 6) is 0.780. The molecule has 5 nitrogen and oxygen atoms in total. The first-order chi connectivity index (χ1) is 8.17. The van der Waals surface area contributed by atoms with Gasteiger partial charge in [0.1, 0.15) is 6.10 Å². The Balaban J connectivity index is 2.50. The Morgan fingerprint density at radius 2 is 2.29 bits per heavy atom. The maximum atomic E-state index is 5.87. The lowest BCUT2D eigenvalue weighted by atomic mass is 10.3. The van der Waals surface area contributed by atoms with Crippen LogP contribution < -0.4 is 10.1 Å². The SMILES string of the molecule is CCCNCC(COC)Oc1cc(C)nn1C. The van der Waals surface area contributed by atoms with Crippen molar-refractivity contribution in [2.75, 3.05) is 26.8 Å². The standard InChI is InChI=1S/C12H23N3O2/c1-5-6-13-8-11(9-16-4)17-12-7-10(2)14-15(12)3/h7,11,13H,5-6,8-9H2,1-4H3. The highest BCUT2D eigenvalue weighted by atomic mass is 16.5. The quantitative estimate of drug-likeness (QED) is 0.693. The predicted octanol–water partition coefficient (Wildman–Crippen LogP) is 1.12. The van der Waals surface area contributed by atoms with Gasteiger partial charge in [0.2, 0.25) is 5.88 Å². The van der Waals surface area contributed by atoms with Crippen molar-refractivity contribution in [1.82, 2.24) is 15.1 Å². The minimum atomic E-state index is 0.0151. The first-order valence-electron chi connectivity index (χ1n) is 6.04. The number of ether oxygens (including phenoxy) is 2. The van der Waals surface area contributed by atoms with Crippen molar-refractivity contribution in [3.8, 4) is 5.88 Å². The predicted molar refractivity (Wildman–Crippen MR) is 67.4 cm³/mol. The van der Waals surface area contributed by atoms with Crippen LogP contribution in [0.25, 0.3) is 0 Å². The summed E-state index contributed by atoms with van der Waals surface area (Å²) < 4.78 is 12.8. The number of hydrogen-bond donors (Lipinski definition) is 1. The molecule has 0 saturated heterocycles. The summed E-state index contributed by atoms with van der Waals surface area (Å²) in [6.45, 7) is 6.44. The smallest absolute Gasteiger partial charge is 0.212 e. The molecular formula is C12H23N3O2. The fourth-order valence-electron chi connectivity index (χ4n) is 1.63. The molecule has 1 aromatic rings. The number of hydrogen-bond acceptors (Lipinski definition) is 4. The molecule has 17 heavy (non-hydrogen) atoms. The molecule has 0 aliphatic heterocycles. The van der Waals surface area contributed by atoms with Gasteiger partial charge in [-0.15, -0.1) is 0 Å². The lowest BCUT2D eigenvalue weighted by molar-refractivity contribution is 0.0747. The number of nitrogens with one attached hydrogen (secondary N) is 1. The van der Waals surface area contributed by atoms with Gasteiger partial charge in [-0.1, -0.05) is 6.92 Å². The Hall–Kier alpha value is -1.07. The van der Waals surface area contributed by atoms with Crippen LogP contribution in [0.2, 0.25) is 0 Å². The molecule has 0 spiro atoms. The van der Waals surface area contributed by atoms with Crippen molar-refractivity contribution in [2.45, 2.75) is 26.4 Å². The second kappa shape index (κ2) is 7.29. The molecule has 1 aromatic heterocycles. The molecule has 0 radical (unpaired) electrons. The third kappa shape index (κ3) is 4.75. The van der Waals surface area contributed by atoms with Gasteiger partial charge in [-0.2, -0.15) is 5.10 Å². The van der Waals surface area contributed by atoms with Crippen LogP contribution in [-0.4, -0.2) is 42.7 Å². The van der Waals surface area contributed by atoms with Crippen LogP contribution in [0.4, 0.5) is 0 Å². The molecule has 0 aromatic carbocycles. The van der Waals surface area contributed by atoms with Gasteiger partial charge in [0, 0.05) is 26.8 Å². The zero-order valence-electron chi connectivity index (χ0n) is 11.2. The maximum Gasteiger partial charge on any atom is 0.212 e. The number of aryl methyl sites for hydroxylation is 2. The van der Waals surface area contributed by atoms with Crippen LogP contribution in [0, 0.1) is 6.92 Å². The Kier molecular flexibility index (Phi) is 6.00. The molecule has 1 atom stereocenters. The molecule has 1 unspecified atom stereocenters. The van der Waals surface area contributed by atoms with E-state index in [4.69, 9.17) is 9.47 Å². The number of aromatic nitrogens is 2. The summed E-state index contributed by atoms with van der Waals surface area (Å²) >= 11 is 0. The monoisotopic (exact) mass is 241 g/mol. The van der Waals surface area contributed by atoms with Gasteiger partial charge < -0.3 is 14.8 Å². The molecule has 98 valence electrons. The average molecular weight is 241 g/mol. The van der Waals surface area contributed by atoms with Gasteiger partial charge in [-0.25, -0.2) is 4.68 Å². The lowest BCUT2D eigenvalue weighted by Gasteiger charge is -2.18. The van der Waals surface area contributed by atoms with Crippen molar-refractivity contribution in [2.24, 2.45) is 7.05 Å².